The Hall–Kier alpha value is -2.02. The second kappa shape index (κ2) is 7.47. The molecule has 1 heterocycles. The van der Waals surface area contributed by atoms with Crippen molar-refractivity contribution in [3.8, 4) is 0 Å². The summed E-state index contributed by atoms with van der Waals surface area (Å²) in [6.45, 7) is 0. The molecule has 0 saturated heterocycles. The minimum absolute atomic E-state index is 0.0909. The van der Waals surface area contributed by atoms with Crippen LogP contribution in [0.4, 0.5) is 0 Å². The SMILES string of the molecule is O=C(CSCc1ccc(Cl)c(Cl)c1)NN1C(=O)c2ccccc2C1=O. The summed E-state index contributed by atoms with van der Waals surface area (Å²) in [5.41, 5.74) is 3.86. The molecular formula is C17H12Cl2N2O3S. The van der Waals surface area contributed by atoms with Crippen LogP contribution >= 0.6 is 35.0 Å². The highest BCUT2D eigenvalue weighted by molar-refractivity contribution is 7.99. The molecule has 0 spiro atoms. The molecule has 128 valence electrons. The largest absolute Gasteiger partial charge is 0.280 e. The quantitative estimate of drug-likeness (QED) is 0.787. The number of hydrogen-bond acceptors (Lipinski definition) is 4. The van der Waals surface area contributed by atoms with Crippen LogP contribution in [0.3, 0.4) is 0 Å². The molecule has 1 N–H and O–H groups in total. The summed E-state index contributed by atoms with van der Waals surface area (Å²) in [6.07, 6.45) is 0. The average Bonchev–Trinajstić information content (AvgIpc) is 2.83. The normalized spacial score (nSPS) is 13.1. The van der Waals surface area contributed by atoms with Crippen LogP contribution in [-0.4, -0.2) is 28.5 Å². The van der Waals surface area contributed by atoms with E-state index in [1.54, 1.807) is 36.4 Å². The number of nitrogens with zero attached hydrogens (tertiary/aromatic N) is 1. The Kier molecular flexibility index (Phi) is 5.32. The van der Waals surface area contributed by atoms with Crippen LogP contribution in [0.25, 0.3) is 0 Å². The smallest absolute Gasteiger partial charge is 0.272 e. The maximum absolute atomic E-state index is 12.2. The highest BCUT2D eigenvalue weighted by Gasteiger charge is 2.36. The number of thioether (sulfide) groups is 1. The van der Waals surface area contributed by atoms with Crippen molar-refractivity contribution < 1.29 is 14.4 Å². The van der Waals surface area contributed by atoms with Crippen molar-refractivity contribution in [2.45, 2.75) is 5.75 Å². The highest BCUT2D eigenvalue weighted by Crippen LogP contribution is 2.25. The molecule has 1 aliphatic rings. The van der Waals surface area contributed by atoms with Gasteiger partial charge in [-0.3, -0.25) is 19.8 Å². The number of imide groups is 1. The average molecular weight is 395 g/mol. The van der Waals surface area contributed by atoms with E-state index in [0.29, 0.717) is 15.8 Å². The zero-order valence-corrected chi connectivity index (χ0v) is 15.1. The summed E-state index contributed by atoms with van der Waals surface area (Å²) in [5.74, 6) is -0.841. The van der Waals surface area contributed by atoms with Crippen LogP contribution in [0.15, 0.2) is 42.5 Å². The molecular weight excluding hydrogens is 383 g/mol. The standard InChI is InChI=1S/C17H12Cl2N2O3S/c18-13-6-5-10(7-14(13)19)8-25-9-15(22)20-21-16(23)11-3-1-2-4-12(11)17(21)24/h1-7H,8-9H2,(H,20,22). The Morgan fingerprint density at radius 3 is 2.24 bits per heavy atom. The van der Waals surface area contributed by atoms with E-state index >= 15 is 0 Å². The summed E-state index contributed by atoms with van der Waals surface area (Å²) in [7, 11) is 0. The molecule has 0 atom stereocenters. The van der Waals surface area contributed by atoms with Crippen LogP contribution in [0, 0.1) is 0 Å². The Morgan fingerprint density at radius 2 is 1.64 bits per heavy atom. The lowest BCUT2D eigenvalue weighted by Gasteiger charge is -2.14. The molecule has 5 nitrogen and oxygen atoms in total. The third-order valence-corrected chi connectivity index (χ3v) is 5.26. The molecule has 3 amide bonds. The number of benzene rings is 2. The first-order valence-electron chi connectivity index (χ1n) is 7.26. The molecule has 3 rings (SSSR count). The van der Waals surface area contributed by atoms with Crippen LogP contribution in [0.2, 0.25) is 10.0 Å². The fourth-order valence-corrected chi connectivity index (χ4v) is 3.43. The minimum Gasteiger partial charge on any atom is -0.272 e. The zero-order valence-electron chi connectivity index (χ0n) is 12.8. The molecule has 2 aromatic rings. The van der Waals surface area contributed by atoms with Crippen LogP contribution in [0.5, 0.6) is 0 Å². The molecule has 0 radical (unpaired) electrons. The van der Waals surface area contributed by atoms with E-state index in [4.69, 9.17) is 23.2 Å². The first kappa shape index (κ1) is 17.8. The lowest BCUT2D eigenvalue weighted by molar-refractivity contribution is -0.121. The lowest BCUT2D eigenvalue weighted by Crippen LogP contribution is -2.46. The van der Waals surface area contributed by atoms with Crippen LogP contribution in [-0.2, 0) is 10.5 Å². The molecule has 1 aliphatic heterocycles. The molecule has 0 unspecified atom stereocenters. The van der Waals surface area contributed by atoms with Gasteiger partial charge in [0.1, 0.15) is 0 Å². The molecule has 2 aromatic carbocycles. The van der Waals surface area contributed by atoms with E-state index in [1.807, 2.05) is 6.07 Å². The Bertz CT molecular complexity index is 838. The third-order valence-electron chi connectivity index (χ3n) is 3.52. The molecule has 0 bridgehead atoms. The predicted molar refractivity (Wildman–Crippen MR) is 97.7 cm³/mol. The van der Waals surface area contributed by atoms with Crippen molar-refractivity contribution in [2.24, 2.45) is 0 Å². The molecule has 0 aliphatic carbocycles. The fourth-order valence-electron chi connectivity index (χ4n) is 2.34. The molecule has 0 fully saturated rings. The Morgan fingerprint density at radius 1 is 1.00 bits per heavy atom. The second-order valence-corrected chi connectivity index (χ2v) is 7.07. The topological polar surface area (TPSA) is 66.5 Å². The van der Waals surface area contributed by atoms with Gasteiger partial charge < -0.3 is 0 Å². The summed E-state index contributed by atoms with van der Waals surface area (Å²) < 4.78 is 0. The minimum atomic E-state index is -0.525. The number of carbonyl (C=O) groups is 3. The molecule has 0 aromatic heterocycles. The Labute approximate surface area is 158 Å². The monoisotopic (exact) mass is 394 g/mol. The van der Waals surface area contributed by atoms with E-state index in [0.717, 1.165) is 10.6 Å². The summed E-state index contributed by atoms with van der Waals surface area (Å²) in [5, 5.41) is 1.68. The number of hydrazine groups is 1. The summed E-state index contributed by atoms with van der Waals surface area (Å²) >= 11 is 13.1. The van der Waals surface area contributed by atoms with E-state index in [1.165, 1.54) is 11.8 Å². The van der Waals surface area contributed by atoms with E-state index < -0.39 is 17.7 Å². The van der Waals surface area contributed by atoms with Gasteiger partial charge in [-0.1, -0.05) is 41.4 Å². The summed E-state index contributed by atoms with van der Waals surface area (Å²) in [4.78, 5) is 36.4. The van der Waals surface area contributed by atoms with Gasteiger partial charge in [-0.15, -0.1) is 11.8 Å². The molecule has 8 heteroatoms. The van der Waals surface area contributed by atoms with Crippen molar-refractivity contribution in [3.05, 3.63) is 69.2 Å². The van der Waals surface area contributed by atoms with Crippen molar-refractivity contribution in [3.63, 3.8) is 0 Å². The van der Waals surface area contributed by atoms with Gasteiger partial charge in [0.05, 0.1) is 26.9 Å². The van der Waals surface area contributed by atoms with Gasteiger partial charge in [0.15, 0.2) is 0 Å². The van der Waals surface area contributed by atoms with Crippen molar-refractivity contribution in [2.75, 3.05) is 5.75 Å². The number of fused-ring (bicyclic) bond motifs is 1. The van der Waals surface area contributed by atoms with Gasteiger partial charge in [-0.2, -0.15) is 5.01 Å². The van der Waals surface area contributed by atoms with Crippen molar-refractivity contribution in [1.29, 1.82) is 0 Å². The van der Waals surface area contributed by atoms with Crippen molar-refractivity contribution in [1.82, 2.24) is 10.4 Å². The van der Waals surface area contributed by atoms with E-state index in [-0.39, 0.29) is 16.9 Å². The highest BCUT2D eigenvalue weighted by atomic mass is 35.5. The number of nitrogens with one attached hydrogen (secondary N) is 1. The number of carbonyl (C=O) groups excluding carboxylic acids is 3. The predicted octanol–water partition coefficient (Wildman–Crippen LogP) is 3.55. The van der Waals surface area contributed by atoms with Crippen LogP contribution < -0.4 is 5.43 Å². The number of amides is 3. The van der Waals surface area contributed by atoms with E-state index in [2.05, 4.69) is 5.43 Å². The van der Waals surface area contributed by atoms with Gasteiger partial charge in [0, 0.05) is 5.75 Å². The Balaban J connectivity index is 1.54. The van der Waals surface area contributed by atoms with Gasteiger partial charge in [-0.05, 0) is 29.8 Å². The second-order valence-electron chi connectivity index (χ2n) is 5.27. The third kappa shape index (κ3) is 3.81. The van der Waals surface area contributed by atoms with E-state index in [9.17, 15) is 14.4 Å². The maximum atomic E-state index is 12.2. The maximum Gasteiger partial charge on any atom is 0.280 e. The number of hydrogen-bond donors (Lipinski definition) is 1. The molecule has 0 saturated carbocycles. The van der Waals surface area contributed by atoms with Gasteiger partial charge in [0.25, 0.3) is 11.8 Å². The lowest BCUT2D eigenvalue weighted by atomic mass is 10.1. The van der Waals surface area contributed by atoms with Crippen molar-refractivity contribution >= 4 is 52.7 Å². The number of rotatable bonds is 5. The van der Waals surface area contributed by atoms with Gasteiger partial charge >= 0.3 is 0 Å². The van der Waals surface area contributed by atoms with Crippen LogP contribution in [0.1, 0.15) is 26.3 Å². The molecule has 25 heavy (non-hydrogen) atoms. The zero-order chi connectivity index (χ0) is 18.0. The first-order chi connectivity index (χ1) is 12.0. The van der Waals surface area contributed by atoms with Gasteiger partial charge in [-0.25, -0.2) is 0 Å². The fraction of sp³-hybridized carbons (Fsp3) is 0.118. The summed E-state index contributed by atoms with van der Waals surface area (Å²) in [6, 6.07) is 11.7. The van der Waals surface area contributed by atoms with Gasteiger partial charge in [0.2, 0.25) is 5.91 Å². The number of halogens is 2. The first-order valence-corrected chi connectivity index (χ1v) is 9.17.